The second-order valence-corrected chi connectivity index (χ2v) is 11.0. The van der Waals surface area contributed by atoms with Crippen molar-refractivity contribution in [3.05, 3.63) is 147 Å². The number of rotatable bonds is 11. The number of pyridine rings is 1. The fourth-order valence-corrected chi connectivity index (χ4v) is 5.29. The normalized spacial score (nSPS) is 11.5. The summed E-state index contributed by atoms with van der Waals surface area (Å²) in [7, 11) is 1.42. The second-order valence-electron chi connectivity index (χ2n) is 11.0. The lowest BCUT2D eigenvalue weighted by molar-refractivity contribution is 0.111. The van der Waals surface area contributed by atoms with E-state index in [-0.39, 0.29) is 34.8 Å². The van der Waals surface area contributed by atoms with Gasteiger partial charge in [0, 0.05) is 29.1 Å². The molecule has 48 heavy (non-hydrogen) atoms. The van der Waals surface area contributed by atoms with Crippen molar-refractivity contribution in [3.63, 3.8) is 0 Å². The lowest BCUT2D eigenvalue weighted by Gasteiger charge is -2.14. The van der Waals surface area contributed by atoms with E-state index >= 15 is 8.78 Å². The minimum Gasteiger partial charge on any atom is -0.496 e. The van der Waals surface area contributed by atoms with E-state index in [1.54, 1.807) is 18.3 Å². The standard InChI is InChI=1S/C40H30F2N2O4/c1-25-29(15-37(41)31-10-12-33(22-45)39(17-31)47-3)6-4-8-35(25)36-9-5-7-30(26(36)2)16-38(42)32-11-13-34(23-46)40(18-32)48-24-28-14-27(19-43)20-44-21-28/h4-18,20-23H,24H2,1-3H3/b37-15-,38-16-. The van der Waals surface area contributed by atoms with Crippen LogP contribution in [0.5, 0.6) is 11.5 Å². The molecule has 1 heterocycles. The molecule has 6 nitrogen and oxygen atoms in total. The van der Waals surface area contributed by atoms with E-state index in [0.29, 0.717) is 40.4 Å². The van der Waals surface area contributed by atoms with Crippen molar-refractivity contribution < 1.29 is 27.8 Å². The van der Waals surface area contributed by atoms with Crippen LogP contribution in [0.1, 0.15) is 65.2 Å². The number of methoxy groups -OCH3 is 1. The van der Waals surface area contributed by atoms with Crippen LogP contribution >= 0.6 is 0 Å². The summed E-state index contributed by atoms with van der Waals surface area (Å²) in [5, 5.41) is 9.12. The molecule has 0 saturated heterocycles. The van der Waals surface area contributed by atoms with E-state index < -0.39 is 11.7 Å². The van der Waals surface area contributed by atoms with Crippen molar-refractivity contribution in [1.82, 2.24) is 4.98 Å². The van der Waals surface area contributed by atoms with Gasteiger partial charge < -0.3 is 9.47 Å². The average Bonchev–Trinajstić information content (AvgIpc) is 3.12. The van der Waals surface area contributed by atoms with Crippen LogP contribution in [0.15, 0.2) is 91.3 Å². The highest BCUT2D eigenvalue weighted by Crippen LogP contribution is 2.34. The van der Waals surface area contributed by atoms with E-state index in [0.717, 1.165) is 22.3 Å². The number of carbonyl (C=O) groups excluding carboxylic acids is 2. The van der Waals surface area contributed by atoms with Gasteiger partial charge in [-0.15, -0.1) is 0 Å². The number of nitrogens with zero attached hydrogens (tertiary/aromatic N) is 2. The quantitative estimate of drug-likeness (QED) is 0.106. The van der Waals surface area contributed by atoms with Crippen LogP contribution in [-0.4, -0.2) is 24.7 Å². The Hall–Kier alpha value is -6.20. The third-order valence-electron chi connectivity index (χ3n) is 7.98. The minimum atomic E-state index is -0.530. The molecule has 0 aliphatic heterocycles. The summed E-state index contributed by atoms with van der Waals surface area (Å²) in [6, 6.07) is 23.8. The molecule has 8 heteroatoms. The predicted molar refractivity (Wildman–Crippen MR) is 183 cm³/mol. The highest BCUT2D eigenvalue weighted by Gasteiger charge is 2.14. The molecule has 0 fully saturated rings. The van der Waals surface area contributed by atoms with Crippen molar-refractivity contribution in [3.8, 4) is 28.7 Å². The van der Waals surface area contributed by atoms with Crippen LogP contribution in [0.2, 0.25) is 0 Å². The Morgan fingerprint density at radius 2 is 1.29 bits per heavy atom. The van der Waals surface area contributed by atoms with Gasteiger partial charge in [-0.25, -0.2) is 8.78 Å². The minimum absolute atomic E-state index is 0.0391. The molecule has 0 amide bonds. The third kappa shape index (κ3) is 7.27. The van der Waals surface area contributed by atoms with Crippen molar-refractivity contribution in [2.24, 2.45) is 0 Å². The first-order valence-electron chi connectivity index (χ1n) is 14.9. The van der Waals surface area contributed by atoms with Gasteiger partial charge in [-0.3, -0.25) is 14.6 Å². The van der Waals surface area contributed by atoms with Crippen molar-refractivity contribution >= 4 is 36.4 Å². The molecule has 0 radical (unpaired) electrons. The summed E-state index contributed by atoms with van der Waals surface area (Å²) >= 11 is 0. The van der Waals surface area contributed by atoms with E-state index in [1.165, 1.54) is 61.9 Å². The number of halogens is 2. The van der Waals surface area contributed by atoms with Crippen molar-refractivity contribution in [2.45, 2.75) is 20.5 Å². The van der Waals surface area contributed by atoms with Crippen molar-refractivity contribution in [2.75, 3.05) is 7.11 Å². The van der Waals surface area contributed by atoms with Crippen LogP contribution in [0.4, 0.5) is 8.78 Å². The molecule has 4 aromatic carbocycles. The summed E-state index contributed by atoms with van der Waals surface area (Å²) < 4.78 is 42.2. The molecule has 1 aromatic heterocycles. The second kappa shape index (κ2) is 14.9. The smallest absolute Gasteiger partial charge is 0.153 e. The van der Waals surface area contributed by atoms with Gasteiger partial charge in [0.2, 0.25) is 0 Å². The molecular weight excluding hydrogens is 610 g/mol. The number of hydrogen-bond acceptors (Lipinski definition) is 6. The summed E-state index contributed by atoms with van der Waals surface area (Å²) in [5.41, 5.74) is 6.76. The van der Waals surface area contributed by atoms with Crippen LogP contribution in [0.25, 0.3) is 34.9 Å². The van der Waals surface area contributed by atoms with Gasteiger partial charge in [0.1, 0.15) is 35.8 Å². The topological polar surface area (TPSA) is 89.3 Å². The van der Waals surface area contributed by atoms with Crippen molar-refractivity contribution in [1.29, 1.82) is 5.26 Å². The highest BCUT2D eigenvalue weighted by atomic mass is 19.1. The molecule has 238 valence electrons. The number of aldehydes is 2. The van der Waals surface area contributed by atoms with E-state index in [1.807, 2.05) is 50.2 Å². The molecular formula is C40H30F2N2O4. The van der Waals surface area contributed by atoms with Crippen LogP contribution < -0.4 is 9.47 Å². The van der Waals surface area contributed by atoms with Gasteiger partial charge >= 0.3 is 0 Å². The lowest BCUT2D eigenvalue weighted by Crippen LogP contribution is -2.00. The molecule has 0 aliphatic carbocycles. The predicted octanol–water partition coefficient (Wildman–Crippen LogP) is 9.38. The van der Waals surface area contributed by atoms with Gasteiger partial charge in [-0.2, -0.15) is 5.26 Å². The van der Waals surface area contributed by atoms with Crippen LogP contribution in [0, 0.1) is 25.2 Å². The molecule has 0 unspecified atom stereocenters. The number of nitriles is 1. The van der Waals surface area contributed by atoms with Gasteiger partial charge in [0.05, 0.1) is 23.8 Å². The molecule has 5 aromatic rings. The Bertz CT molecular complexity index is 2130. The first kappa shape index (κ1) is 33.2. The number of aromatic nitrogens is 1. The lowest BCUT2D eigenvalue weighted by atomic mass is 9.91. The summed E-state index contributed by atoms with van der Waals surface area (Å²) in [6.45, 7) is 3.83. The maximum absolute atomic E-state index is 15.8. The zero-order valence-corrected chi connectivity index (χ0v) is 26.5. The van der Waals surface area contributed by atoms with E-state index in [4.69, 9.17) is 14.7 Å². The fourth-order valence-electron chi connectivity index (χ4n) is 5.29. The van der Waals surface area contributed by atoms with Crippen LogP contribution in [-0.2, 0) is 6.61 Å². The van der Waals surface area contributed by atoms with Gasteiger partial charge in [0.25, 0.3) is 0 Å². The maximum atomic E-state index is 15.8. The summed E-state index contributed by atoms with van der Waals surface area (Å²) in [4.78, 5) is 26.9. The Labute approximate surface area is 277 Å². The largest absolute Gasteiger partial charge is 0.496 e. The Morgan fingerprint density at radius 3 is 1.81 bits per heavy atom. The number of benzene rings is 4. The maximum Gasteiger partial charge on any atom is 0.153 e. The average molecular weight is 641 g/mol. The monoisotopic (exact) mass is 640 g/mol. The van der Waals surface area contributed by atoms with Gasteiger partial charge in [-0.05, 0) is 89.7 Å². The Morgan fingerprint density at radius 1 is 0.750 bits per heavy atom. The molecule has 0 N–H and O–H groups in total. The number of hydrogen-bond donors (Lipinski definition) is 0. The molecule has 5 rings (SSSR count). The SMILES string of the molecule is COc1cc(/C(F)=C/c2cccc(-c3cccc(/C=C(\F)c4ccc(C=O)c(OCc5cncc(C#N)c5)c4)c3C)c2C)ccc1C=O. The Kier molecular flexibility index (Phi) is 10.3. The number of carbonyl (C=O) groups is 2. The first-order chi connectivity index (χ1) is 23.3. The van der Waals surface area contributed by atoms with Gasteiger partial charge in [-0.1, -0.05) is 48.5 Å². The molecule has 0 aliphatic rings. The Balaban J connectivity index is 1.44. The van der Waals surface area contributed by atoms with E-state index in [2.05, 4.69) is 4.98 Å². The molecule has 0 bridgehead atoms. The van der Waals surface area contributed by atoms with Gasteiger partial charge in [0.15, 0.2) is 12.6 Å². The molecule has 0 saturated carbocycles. The van der Waals surface area contributed by atoms with Crippen LogP contribution in [0.3, 0.4) is 0 Å². The zero-order valence-electron chi connectivity index (χ0n) is 26.5. The summed E-state index contributed by atoms with van der Waals surface area (Å²) in [5.74, 6) is -0.535. The first-order valence-corrected chi connectivity index (χ1v) is 14.9. The summed E-state index contributed by atoms with van der Waals surface area (Å²) in [6.07, 6.45) is 7.14. The third-order valence-corrected chi connectivity index (χ3v) is 7.98. The zero-order chi connectivity index (χ0) is 34.2. The fraction of sp³-hybridized carbons (Fsp3) is 0.100. The molecule has 0 atom stereocenters. The number of ether oxygens (including phenoxy) is 2. The molecule has 0 spiro atoms. The highest BCUT2D eigenvalue weighted by molar-refractivity contribution is 5.87. The van der Waals surface area contributed by atoms with E-state index in [9.17, 15) is 9.59 Å².